The quantitative estimate of drug-likeness (QED) is 0.791. The minimum atomic E-state index is -0.580. The number of methoxy groups -OCH3 is 3. The summed E-state index contributed by atoms with van der Waals surface area (Å²) in [5.74, 6) is 0.220. The number of ether oxygens (including phenoxy) is 3. The first-order valence-corrected chi connectivity index (χ1v) is 5.51. The van der Waals surface area contributed by atoms with Gasteiger partial charge in [0.25, 0.3) is 0 Å². The van der Waals surface area contributed by atoms with Gasteiger partial charge >= 0.3 is 0 Å². The zero-order chi connectivity index (χ0) is 12.7. The average molecular weight is 240 g/mol. The number of hydrogen-bond donors (Lipinski definition) is 1. The minimum Gasteiger partial charge on any atom is -0.508 e. The Balaban J connectivity index is 3.02. The first kappa shape index (κ1) is 14.0. The minimum absolute atomic E-state index is 0.220. The number of rotatable bonds is 7. The van der Waals surface area contributed by atoms with Gasteiger partial charge in [0.1, 0.15) is 11.4 Å². The van der Waals surface area contributed by atoms with Gasteiger partial charge in [-0.05, 0) is 17.7 Å². The van der Waals surface area contributed by atoms with Gasteiger partial charge in [0.2, 0.25) is 0 Å². The molecule has 4 nitrogen and oxygen atoms in total. The molecule has 0 saturated heterocycles. The Labute approximate surface area is 102 Å². The molecule has 1 atom stereocenters. The fourth-order valence-corrected chi connectivity index (χ4v) is 1.87. The van der Waals surface area contributed by atoms with Crippen molar-refractivity contribution in [3.05, 3.63) is 29.8 Å². The Bertz CT molecular complexity index is 340. The standard InChI is InChI=1S/C13H20O4/c1-15-8-7-13(17-3,10-16-2)11-5-4-6-12(14)9-11/h4-6,9,14H,7-8,10H2,1-3H3. The Morgan fingerprint density at radius 1 is 1.18 bits per heavy atom. The topological polar surface area (TPSA) is 47.9 Å². The summed E-state index contributed by atoms with van der Waals surface area (Å²) < 4.78 is 15.9. The van der Waals surface area contributed by atoms with E-state index in [1.807, 2.05) is 6.07 Å². The van der Waals surface area contributed by atoms with E-state index in [9.17, 15) is 5.11 Å². The highest BCUT2D eigenvalue weighted by atomic mass is 16.5. The molecule has 1 N–H and O–H groups in total. The predicted octanol–water partition coefficient (Wildman–Crippen LogP) is 1.92. The summed E-state index contributed by atoms with van der Waals surface area (Å²) in [6, 6.07) is 7.03. The third-order valence-corrected chi connectivity index (χ3v) is 2.85. The van der Waals surface area contributed by atoms with Crippen molar-refractivity contribution in [2.45, 2.75) is 12.0 Å². The molecule has 0 aliphatic carbocycles. The predicted molar refractivity (Wildman–Crippen MR) is 65.2 cm³/mol. The van der Waals surface area contributed by atoms with E-state index < -0.39 is 5.60 Å². The third-order valence-electron chi connectivity index (χ3n) is 2.85. The summed E-state index contributed by atoms with van der Waals surface area (Å²) in [6.07, 6.45) is 0.664. The molecule has 1 unspecified atom stereocenters. The van der Waals surface area contributed by atoms with Crippen molar-refractivity contribution in [2.24, 2.45) is 0 Å². The molecule has 1 aromatic carbocycles. The number of aromatic hydroxyl groups is 1. The van der Waals surface area contributed by atoms with Crippen LogP contribution < -0.4 is 0 Å². The summed E-state index contributed by atoms with van der Waals surface area (Å²) in [5, 5.41) is 9.54. The number of phenolic OH excluding ortho intramolecular Hbond substituents is 1. The molecular weight excluding hydrogens is 220 g/mol. The number of phenols is 1. The lowest BCUT2D eigenvalue weighted by molar-refractivity contribution is -0.0849. The molecule has 96 valence electrons. The van der Waals surface area contributed by atoms with Crippen LogP contribution in [-0.4, -0.2) is 39.6 Å². The maximum atomic E-state index is 9.54. The zero-order valence-electron chi connectivity index (χ0n) is 10.6. The van der Waals surface area contributed by atoms with E-state index in [-0.39, 0.29) is 5.75 Å². The van der Waals surface area contributed by atoms with E-state index in [1.165, 1.54) is 0 Å². The van der Waals surface area contributed by atoms with Gasteiger partial charge < -0.3 is 19.3 Å². The second-order valence-corrected chi connectivity index (χ2v) is 3.92. The lowest BCUT2D eigenvalue weighted by Gasteiger charge is -2.32. The van der Waals surface area contributed by atoms with Crippen molar-refractivity contribution in [3.63, 3.8) is 0 Å². The van der Waals surface area contributed by atoms with E-state index >= 15 is 0 Å². The van der Waals surface area contributed by atoms with Crippen LogP contribution in [0.5, 0.6) is 5.75 Å². The van der Waals surface area contributed by atoms with E-state index in [0.29, 0.717) is 19.6 Å². The molecule has 0 aliphatic rings. The zero-order valence-corrected chi connectivity index (χ0v) is 10.6. The van der Waals surface area contributed by atoms with E-state index in [0.717, 1.165) is 5.56 Å². The molecule has 1 aromatic rings. The molecule has 0 fully saturated rings. The van der Waals surface area contributed by atoms with Gasteiger partial charge in [-0.1, -0.05) is 12.1 Å². The molecule has 1 rings (SSSR count). The van der Waals surface area contributed by atoms with Gasteiger partial charge in [0, 0.05) is 34.4 Å². The van der Waals surface area contributed by atoms with Crippen LogP contribution in [0.15, 0.2) is 24.3 Å². The summed E-state index contributed by atoms with van der Waals surface area (Å²) in [6.45, 7) is 0.975. The van der Waals surface area contributed by atoms with Gasteiger partial charge in [-0.15, -0.1) is 0 Å². The van der Waals surface area contributed by atoms with Crippen molar-refractivity contribution in [3.8, 4) is 5.75 Å². The largest absolute Gasteiger partial charge is 0.508 e. The molecular formula is C13H20O4. The lowest BCUT2D eigenvalue weighted by atomic mass is 9.91. The normalized spacial score (nSPS) is 14.5. The van der Waals surface area contributed by atoms with Gasteiger partial charge in [0.05, 0.1) is 6.61 Å². The van der Waals surface area contributed by atoms with Crippen LogP contribution in [0.2, 0.25) is 0 Å². The van der Waals surface area contributed by atoms with Crippen LogP contribution in [0, 0.1) is 0 Å². The molecule has 0 heterocycles. The fourth-order valence-electron chi connectivity index (χ4n) is 1.87. The molecule has 0 radical (unpaired) electrons. The van der Waals surface area contributed by atoms with Gasteiger partial charge in [-0.2, -0.15) is 0 Å². The fraction of sp³-hybridized carbons (Fsp3) is 0.538. The third kappa shape index (κ3) is 3.43. The SMILES string of the molecule is COCCC(COC)(OC)c1cccc(O)c1. The monoisotopic (exact) mass is 240 g/mol. The van der Waals surface area contributed by atoms with Crippen LogP contribution >= 0.6 is 0 Å². The number of benzene rings is 1. The molecule has 0 aromatic heterocycles. The molecule has 0 spiro atoms. The summed E-state index contributed by atoms with van der Waals surface area (Å²) in [4.78, 5) is 0. The maximum Gasteiger partial charge on any atom is 0.118 e. The van der Waals surface area contributed by atoms with Gasteiger partial charge in [0.15, 0.2) is 0 Å². The van der Waals surface area contributed by atoms with Gasteiger partial charge in [-0.25, -0.2) is 0 Å². The molecule has 0 bridgehead atoms. The van der Waals surface area contributed by atoms with Crippen LogP contribution in [0.25, 0.3) is 0 Å². The average Bonchev–Trinajstić information content (AvgIpc) is 2.34. The molecule has 0 saturated carbocycles. The Morgan fingerprint density at radius 2 is 1.94 bits per heavy atom. The number of hydrogen-bond acceptors (Lipinski definition) is 4. The highest BCUT2D eigenvalue weighted by Crippen LogP contribution is 2.31. The Kier molecular flexibility index (Phi) is 5.41. The molecule has 0 amide bonds. The van der Waals surface area contributed by atoms with Crippen LogP contribution in [-0.2, 0) is 19.8 Å². The molecule has 4 heteroatoms. The smallest absolute Gasteiger partial charge is 0.118 e. The second-order valence-electron chi connectivity index (χ2n) is 3.92. The molecule has 17 heavy (non-hydrogen) atoms. The highest BCUT2D eigenvalue weighted by Gasteiger charge is 2.32. The summed E-state index contributed by atoms with van der Waals surface area (Å²) in [5.41, 5.74) is 0.308. The lowest BCUT2D eigenvalue weighted by Crippen LogP contribution is -2.35. The first-order chi connectivity index (χ1) is 8.18. The van der Waals surface area contributed by atoms with Crippen molar-refractivity contribution >= 4 is 0 Å². The highest BCUT2D eigenvalue weighted by molar-refractivity contribution is 5.31. The summed E-state index contributed by atoms with van der Waals surface area (Å²) in [7, 11) is 4.91. The van der Waals surface area contributed by atoms with E-state index in [2.05, 4.69) is 0 Å². The van der Waals surface area contributed by atoms with Crippen molar-refractivity contribution < 1.29 is 19.3 Å². The molecule has 0 aliphatic heterocycles. The Morgan fingerprint density at radius 3 is 2.47 bits per heavy atom. The van der Waals surface area contributed by atoms with Gasteiger partial charge in [-0.3, -0.25) is 0 Å². The maximum absolute atomic E-state index is 9.54. The van der Waals surface area contributed by atoms with Crippen molar-refractivity contribution in [2.75, 3.05) is 34.5 Å². The van der Waals surface area contributed by atoms with Crippen LogP contribution in [0.4, 0.5) is 0 Å². The van der Waals surface area contributed by atoms with E-state index in [4.69, 9.17) is 14.2 Å². The second kappa shape index (κ2) is 6.59. The van der Waals surface area contributed by atoms with Crippen molar-refractivity contribution in [1.82, 2.24) is 0 Å². The summed E-state index contributed by atoms with van der Waals surface area (Å²) >= 11 is 0. The van der Waals surface area contributed by atoms with Crippen LogP contribution in [0.3, 0.4) is 0 Å². The van der Waals surface area contributed by atoms with Crippen LogP contribution in [0.1, 0.15) is 12.0 Å². The van der Waals surface area contributed by atoms with E-state index in [1.54, 1.807) is 39.5 Å². The Hall–Kier alpha value is -1.10. The van der Waals surface area contributed by atoms with Crippen molar-refractivity contribution in [1.29, 1.82) is 0 Å². The first-order valence-electron chi connectivity index (χ1n) is 5.51.